The number of allylic oxidation sites excluding steroid dienone is 2. The molecule has 0 radical (unpaired) electrons. The van der Waals surface area contributed by atoms with Gasteiger partial charge in [0.05, 0.1) is 36.5 Å². The van der Waals surface area contributed by atoms with Crippen molar-refractivity contribution >= 4 is 46.0 Å². The van der Waals surface area contributed by atoms with Gasteiger partial charge < -0.3 is 9.47 Å². The summed E-state index contributed by atoms with van der Waals surface area (Å²) >= 11 is 3.41. The lowest BCUT2D eigenvalue weighted by atomic mass is 9.96. The molecule has 0 amide bonds. The van der Waals surface area contributed by atoms with Gasteiger partial charge in [0.25, 0.3) is 0 Å². The lowest BCUT2D eigenvalue weighted by Crippen LogP contribution is -2.05. The van der Waals surface area contributed by atoms with Crippen LogP contribution in [0, 0.1) is 22.7 Å². The second-order valence-corrected chi connectivity index (χ2v) is 19.4. The van der Waals surface area contributed by atoms with Crippen molar-refractivity contribution in [2.24, 2.45) is 0 Å². The van der Waals surface area contributed by atoms with E-state index in [4.69, 9.17) is 9.47 Å². The minimum atomic E-state index is 0.569. The highest BCUT2D eigenvalue weighted by Crippen LogP contribution is 2.40. The van der Waals surface area contributed by atoms with Gasteiger partial charge in [0.15, 0.2) is 0 Å². The first kappa shape index (κ1) is 53.0. The molecule has 0 aliphatic rings. The molecular formula is C56H84N2O2S2. The summed E-state index contributed by atoms with van der Waals surface area (Å²) in [5.41, 5.74) is 5.27. The molecular weight excluding hydrogens is 797 g/mol. The summed E-state index contributed by atoms with van der Waals surface area (Å²) in [6.45, 7) is 10.2. The Morgan fingerprint density at radius 2 is 0.758 bits per heavy atom. The van der Waals surface area contributed by atoms with Crippen molar-refractivity contribution < 1.29 is 9.47 Å². The predicted octanol–water partition coefficient (Wildman–Crippen LogP) is 18.8. The average molecular weight is 881 g/mol. The zero-order valence-corrected chi connectivity index (χ0v) is 41.4. The number of aryl methyl sites for hydroxylation is 2. The highest BCUT2D eigenvalue weighted by molar-refractivity contribution is 7.11. The van der Waals surface area contributed by atoms with Gasteiger partial charge in [-0.3, -0.25) is 0 Å². The Morgan fingerprint density at radius 1 is 0.452 bits per heavy atom. The molecule has 0 aliphatic heterocycles. The average Bonchev–Trinajstić information content (AvgIpc) is 3.94. The van der Waals surface area contributed by atoms with Crippen LogP contribution in [-0.2, 0) is 12.8 Å². The van der Waals surface area contributed by atoms with Crippen LogP contribution >= 0.6 is 22.7 Å². The normalized spacial score (nSPS) is 11.8. The van der Waals surface area contributed by atoms with Crippen LogP contribution in [0.25, 0.3) is 23.3 Å². The number of unbranched alkanes of at least 4 members (excludes halogenated alkanes) is 24. The fourth-order valence-corrected chi connectivity index (χ4v) is 9.98. The molecule has 2 heterocycles. The van der Waals surface area contributed by atoms with Gasteiger partial charge in [0.2, 0.25) is 0 Å². The van der Waals surface area contributed by atoms with E-state index in [1.165, 1.54) is 152 Å². The minimum absolute atomic E-state index is 0.569. The molecule has 342 valence electrons. The Morgan fingerprint density at radius 3 is 1.08 bits per heavy atom. The Balaban J connectivity index is 1.99. The van der Waals surface area contributed by atoms with Gasteiger partial charge >= 0.3 is 0 Å². The maximum atomic E-state index is 10.8. The van der Waals surface area contributed by atoms with Gasteiger partial charge in [-0.05, 0) is 96.8 Å². The molecule has 6 heteroatoms. The molecule has 0 atom stereocenters. The lowest BCUT2D eigenvalue weighted by Gasteiger charge is -2.18. The maximum absolute atomic E-state index is 10.8. The summed E-state index contributed by atoms with van der Waals surface area (Å²) in [4.78, 5) is 2.28. The van der Waals surface area contributed by atoms with E-state index in [0.29, 0.717) is 35.9 Å². The first-order valence-electron chi connectivity index (χ1n) is 25.4. The van der Waals surface area contributed by atoms with E-state index in [9.17, 15) is 10.5 Å². The van der Waals surface area contributed by atoms with E-state index < -0.39 is 0 Å². The molecule has 0 saturated carbocycles. The zero-order valence-electron chi connectivity index (χ0n) is 39.8. The fraction of sp³-hybridized carbons (Fsp3) is 0.643. The molecule has 1 aromatic carbocycles. The van der Waals surface area contributed by atoms with Gasteiger partial charge in [-0.15, -0.1) is 22.7 Å². The molecule has 0 spiro atoms. The van der Waals surface area contributed by atoms with Gasteiger partial charge in [0, 0.05) is 20.9 Å². The maximum Gasteiger partial charge on any atom is 0.128 e. The van der Waals surface area contributed by atoms with Gasteiger partial charge in [0.1, 0.15) is 11.5 Å². The highest BCUT2D eigenvalue weighted by Gasteiger charge is 2.20. The second kappa shape index (κ2) is 35.1. The number of hydrogen-bond donors (Lipinski definition) is 0. The van der Waals surface area contributed by atoms with E-state index in [1.807, 2.05) is 12.1 Å². The lowest BCUT2D eigenvalue weighted by molar-refractivity contribution is 0.295. The molecule has 0 fully saturated rings. The van der Waals surface area contributed by atoms with Crippen molar-refractivity contribution in [1.82, 2.24) is 0 Å². The molecule has 3 rings (SSSR count). The van der Waals surface area contributed by atoms with Crippen LogP contribution in [0.15, 0.2) is 35.0 Å². The molecule has 0 N–H and O–H groups in total. The molecule has 2 aromatic heterocycles. The first-order chi connectivity index (χ1) is 30.6. The Labute approximate surface area is 388 Å². The van der Waals surface area contributed by atoms with E-state index in [2.05, 4.69) is 74.9 Å². The molecule has 0 bridgehead atoms. The number of thiophene rings is 2. The Bertz CT molecular complexity index is 1620. The summed E-state index contributed by atoms with van der Waals surface area (Å²) in [5, 5.41) is 26.0. The number of hydrogen-bond acceptors (Lipinski definition) is 6. The van der Waals surface area contributed by atoms with Crippen LogP contribution in [0.2, 0.25) is 0 Å². The molecule has 4 nitrogen and oxygen atoms in total. The summed E-state index contributed by atoms with van der Waals surface area (Å²) in [6.07, 6.45) is 40.8. The van der Waals surface area contributed by atoms with Crippen molar-refractivity contribution in [2.75, 3.05) is 13.2 Å². The third-order valence-electron chi connectivity index (χ3n) is 12.1. The third kappa shape index (κ3) is 21.4. The number of nitriles is 2. The molecule has 0 saturated heterocycles. The van der Waals surface area contributed by atoms with E-state index in [1.54, 1.807) is 22.7 Å². The number of ether oxygens (including phenoxy) is 2. The fourth-order valence-electron chi connectivity index (χ4n) is 8.21. The first-order valence-corrected chi connectivity index (χ1v) is 27.2. The van der Waals surface area contributed by atoms with Crippen LogP contribution in [0.4, 0.5) is 0 Å². The van der Waals surface area contributed by atoms with Crippen molar-refractivity contribution in [3.05, 3.63) is 67.0 Å². The zero-order chi connectivity index (χ0) is 44.3. The van der Waals surface area contributed by atoms with Crippen LogP contribution in [0.5, 0.6) is 11.5 Å². The van der Waals surface area contributed by atoms with E-state index in [0.717, 1.165) is 72.2 Å². The van der Waals surface area contributed by atoms with Crippen LogP contribution < -0.4 is 9.47 Å². The summed E-state index contributed by atoms with van der Waals surface area (Å²) in [6, 6.07) is 13.6. The Hall–Kier alpha value is -3.32. The smallest absolute Gasteiger partial charge is 0.128 e. The van der Waals surface area contributed by atoms with Crippen molar-refractivity contribution in [3.63, 3.8) is 0 Å². The topological polar surface area (TPSA) is 66.0 Å². The van der Waals surface area contributed by atoms with Crippen LogP contribution in [0.3, 0.4) is 0 Å². The summed E-state index contributed by atoms with van der Waals surface area (Å²) < 4.78 is 13.4. The molecule has 0 aliphatic carbocycles. The minimum Gasteiger partial charge on any atom is -0.493 e. The molecule has 0 unspecified atom stereocenters. The largest absolute Gasteiger partial charge is 0.493 e. The van der Waals surface area contributed by atoms with Crippen LogP contribution in [0.1, 0.15) is 239 Å². The van der Waals surface area contributed by atoms with Crippen molar-refractivity contribution in [3.8, 4) is 23.6 Å². The third-order valence-corrected chi connectivity index (χ3v) is 13.9. The van der Waals surface area contributed by atoms with E-state index >= 15 is 0 Å². The number of benzene rings is 1. The van der Waals surface area contributed by atoms with Crippen LogP contribution in [-0.4, -0.2) is 13.2 Å². The number of nitrogens with zero attached hydrogens (tertiary/aromatic N) is 2. The summed E-state index contributed by atoms with van der Waals surface area (Å²) in [5.74, 6) is 1.31. The molecule has 3 aromatic rings. The van der Waals surface area contributed by atoms with E-state index in [-0.39, 0.29) is 0 Å². The quantitative estimate of drug-likeness (QED) is 0.0425. The predicted molar refractivity (Wildman–Crippen MR) is 272 cm³/mol. The second-order valence-electron chi connectivity index (χ2n) is 17.5. The van der Waals surface area contributed by atoms with Gasteiger partial charge in [-0.1, -0.05) is 182 Å². The van der Waals surface area contributed by atoms with Crippen molar-refractivity contribution in [1.29, 1.82) is 10.5 Å². The number of rotatable bonds is 38. The Kier molecular flexibility index (Phi) is 30.0. The highest BCUT2D eigenvalue weighted by atomic mass is 32.1. The SMILES string of the molecule is CCCCCCCCCCOc1cc(/C(C#N)=C/c2sccc2CCCCCCCC)c(OCCCCCCCCCC)cc1/C(C#N)=C/c1sccc1CCCCCCCC. The van der Waals surface area contributed by atoms with Crippen molar-refractivity contribution in [2.45, 2.75) is 220 Å². The van der Waals surface area contributed by atoms with Gasteiger partial charge in [-0.25, -0.2) is 0 Å². The summed E-state index contributed by atoms with van der Waals surface area (Å²) in [7, 11) is 0. The standard InChI is InChI=1S/C56H84N2O2S2/c1-5-9-13-17-21-23-27-31-37-59-53-43-52(50(46-58)42-56-48(36-40-62-56)34-30-26-20-16-12-8-4)54(60-38-32-28-24-22-18-14-10-6-2)44-51(53)49(45-57)41-55-47(35-39-61-55)33-29-25-19-15-11-7-3/h35-36,39-44H,5-34,37-38H2,1-4H3/b49-41+,50-42+. The molecule has 62 heavy (non-hydrogen) atoms. The monoisotopic (exact) mass is 881 g/mol. The van der Waals surface area contributed by atoms with Gasteiger partial charge in [-0.2, -0.15) is 10.5 Å².